The molecule has 158 valence electrons. The number of carbonyl (C=O) groups excluding carboxylic acids is 1. The number of sulfonamides is 1. The van der Waals surface area contributed by atoms with Crippen LogP contribution in [0.15, 0.2) is 0 Å². The number of piperidine rings is 1. The molecule has 1 aromatic heterocycles. The Kier molecular flexibility index (Phi) is 6.04. The van der Waals surface area contributed by atoms with E-state index in [1.807, 2.05) is 6.92 Å². The van der Waals surface area contributed by atoms with Crippen LogP contribution < -0.4 is 5.32 Å². The van der Waals surface area contributed by atoms with Gasteiger partial charge in [0.25, 0.3) is 0 Å². The minimum atomic E-state index is -4.55. The molecule has 0 saturated carbocycles. The van der Waals surface area contributed by atoms with Crippen LogP contribution in [-0.2, 0) is 40.4 Å². The van der Waals surface area contributed by atoms with Gasteiger partial charge in [0.05, 0.1) is 5.75 Å². The van der Waals surface area contributed by atoms with Crippen LogP contribution in [0.25, 0.3) is 0 Å². The van der Waals surface area contributed by atoms with Gasteiger partial charge in [-0.3, -0.25) is 9.48 Å². The topological polar surface area (TPSA) is 84.3 Å². The van der Waals surface area contributed by atoms with Gasteiger partial charge in [-0.15, -0.1) is 0 Å². The third-order valence-electron chi connectivity index (χ3n) is 5.35. The first kappa shape index (κ1) is 21.1. The van der Waals surface area contributed by atoms with E-state index in [0.29, 0.717) is 31.5 Å². The smallest absolute Gasteiger partial charge is 0.353 e. The van der Waals surface area contributed by atoms with Gasteiger partial charge in [0.1, 0.15) is 6.54 Å². The molecule has 2 aliphatic rings. The van der Waals surface area contributed by atoms with Gasteiger partial charge in [-0.05, 0) is 39.0 Å². The quantitative estimate of drug-likeness (QED) is 0.757. The Hall–Kier alpha value is -1.62. The monoisotopic (exact) mass is 422 g/mol. The van der Waals surface area contributed by atoms with E-state index in [-0.39, 0.29) is 30.4 Å². The first-order valence-electron chi connectivity index (χ1n) is 9.51. The van der Waals surface area contributed by atoms with Gasteiger partial charge in [-0.25, -0.2) is 8.42 Å². The lowest BCUT2D eigenvalue weighted by molar-refractivity contribution is -0.142. The van der Waals surface area contributed by atoms with Crippen molar-refractivity contribution in [3.05, 3.63) is 17.0 Å². The zero-order chi connectivity index (χ0) is 20.5. The van der Waals surface area contributed by atoms with Crippen LogP contribution in [-0.4, -0.2) is 53.3 Å². The van der Waals surface area contributed by atoms with Crippen molar-refractivity contribution in [1.29, 1.82) is 0 Å². The fourth-order valence-electron chi connectivity index (χ4n) is 3.98. The number of nitrogens with zero attached hydrogens (tertiary/aromatic N) is 3. The second-order valence-electron chi connectivity index (χ2n) is 7.40. The van der Waals surface area contributed by atoms with E-state index >= 15 is 0 Å². The normalized spacial score (nSPS) is 20.9. The Bertz CT molecular complexity index is 835. The first-order valence-corrected chi connectivity index (χ1v) is 11.1. The fourth-order valence-corrected chi connectivity index (χ4v) is 5.64. The van der Waals surface area contributed by atoms with Gasteiger partial charge < -0.3 is 5.32 Å². The van der Waals surface area contributed by atoms with Crippen LogP contribution in [0.2, 0.25) is 0 Å². The van der Waals surface area contributed by atoms with Crippen molar-refractivity contribution in [3.8, 4) is 0 Å². The van der Waals surface area contributed by atoms with E-state index in [1.165, 1.54) is 4.31 Å². The van der Waals surface area contributed by atoms with Crippen molar-refractivity contribution in [2.24, 2.45) is 0 Å². The third kappa shape index (κ3) is 4.51. The van der Waals surface area contributed by atoms with E-state index in [1.54, 1.807) is 0 Å². The van der Waals surface area contributed by atoms with Crippen molar-refractivity contribution in [2.75, 3.05) is 18.8 Å². The highest BCUT2D eigenvalue weighted by Crippen LogP contribution is 2.36. The molecule has 0 spiro atoms. The molecule has 1 amide bonds. The van der Waals surface area contributed by atoms with E-state index < -0.39 is 27.8 Å². The van der Waals surface area contributed by atoms with Crippen molar-refractivity contribution in [3.63, 3.8) is 0 Å². The molecule has 3 rings (SSSR count). The average molecular weight is 422 g/mol. The number of halogens is 3. The van der Waals surface area contributed by atoms with Gasteiger partial charge in [0.15, 0.2) is 5.69 Å². The summed E-state index contributed by atoms with van der Waals surface area (Å²) in [6.45, 7) is 1.92. The molecule has 2 heterocycles. The maximum absolute atomic E-state index is 13.1. The van der Waals surface area contributed by atoms with Gasteiger partial charge in [0.2, 0.25) is 15.9 Å². The largest absolute Gasteiger partial charge is 0.435 e. The summed E-state index contributed by atoms with van der Waals surface area (Å²) in [6.07, 6.45) is -0.554. The van der Waals surface area contributed by atoms with Gasteiger partial charge in [-0.1, -0.05) is 6.42 Å². The lowest BCUT2D eigenvalue weighted by Gasteiger charge is -2.32. The zero-order valence-electron chi connectivity index (χ0n) is 15.8. The summed E-state index contributed by atoms with van der Waals surface area (Å²) in [7, 11) is -3.48. The molecule has 7 nitrogen and oxygen atoms in total. The molecule has 28 heavy (non-hydrogen) atoms. The van der Waals surface area contributed by atoms with Crippen LogP contribution in [0.3, 0.4) is 0 Å². The summed E-state index contributed by atoms with van der Waals surface area (Å²) < 4.78 is 66.7. The lowest BCUT2D eigenvalue weighted by Crippen LogP contribution is -2.45. The number of aromatic nitrogens is 2. The number of hydrogen-bond donors (Lipinski definition) is 1. The molecule has 1 atom stereocenters. The van der Waals surface area contributed by atoms with Crippen LogP contribution in [0.4, 0.5) is 13.2 Å². The van der Waals surface area contributed by atoms with Crippen molar-refractivity contribution < 1.29 is 26.4 Å². The maximum atomic E-state index is 13.1. The SMILES string of the molecule is C[C@H]1CCCCN1S(=O)(=O)CCNC(=O)Cn1nc(C(F)(F)F)c2c1CCC2. The summed E-state index contributed by atoms with van der Waals surface area (Å²) in [5, 5.41) is 6.08. The number of nitrogens with one attached hydrogen (secondary N) is 1. The lowest BCUT2D eigenvalue weighted by atomic mass is 10.1. The third-order valence-corrected chi connectivity index (χ3v) is 7.33. The van der Waals surface area contributed by atoms with Crippen LogP contribution in [0.5, 0.6) is 0 Å². The highest BCUT2D eigenvalue weighted by atomic mass is 32.2. The summed E-state index contributed by atoms with van der Waals surface area (Å²) >= 11 is 0. The standard InChI is InChI=1S/C17H25F3N4O3S/c1-12-5-2-3-9-24(12)28(26,27)10-8-21-15(25)11-23-14-7-4-6-13(14)16(22-23)17(18,19)20/h12H,2-11H2,1H3,(H,21,25)/t12-/m0/s1. The number of rotatable bonds is 6. The number of carbonyl (C=O) groups is 1. The zero-order valence-corrected chi connectivity index (χ0v) is 16.6. The average Bonchev–Trinajstić information content (AvgIpc) is 3.18. The minimum Gasteiger partial charge on any atom is -0.353 e. The maximum Gasteiger partial charge on any atom is 0.435 e. The molecular formula is C17H25F3N4O3S. The fraction of sp³-hybridized carbons (Fsp3) is 0.765. The molecule has 1 aliphatic heterocycles. The Morgan fingerprint density at radius 2 is 2.00 bits per heavy atom. The molecule has 0 unspecified atom stereocenters. The molecule has 1 aliphatic carbocycles. The summed E-state index contributed by atoms with van der Waals surface area (Å²) in [5.41, 5.74) is -0.311. The Balaban J connectivity index is 1.57. The van der Waals surface area contributed by atoms with Gasteiger partial charge in [0, 0.05) is 30.4 Å². The summed E-state index contributed by atoms with van der Waals surface area (Å²) in [4.78, 5) is 12.1. The minimum absolute atomic E-state index is 0.0538. The molecule has 0 bridgehead atoms. The number of amides is 1. The Morgan fingerprint density at radius 1 is 1.25 bits per heavy atom. The van der Waals surface area contributed by atoms with Gasteiger partial charge >= 0.3 is 6.18 Å². The van der Waals surface area contributed by atoms with Crippen LogP contribution in [0.1, 0.15) is 49.6 Å². The molecule has 1 saturated heterocycles. The van der Waals surface area contributed by atoms with E-state index in [0.717, 1.165) is 23.9 Å². The molecule has 1 N–H and O–H groups in total. The predicted octanol–water partition coefficient (Wildman–Crippen LogP) is 1.71. The first-order chi connectivity index (χ1) is 13.1. The Labute approximate surface area is 162 Å². The van der Waals surface area contributed by atoms with Crippen molar-refractivity contribution in [1.82, 2.24) is 19.4 Å². The highest BCUT2D eigenvalue weighted by Gasteiger charge is 2.40. The number of fused-ring (bicyclic) bond motifs is 1. The van der Waals surface area contributed by atoms with E-state index in [9.17, 15) is 26.4 Å². The highest BCUT2D eigenvalue weighted by molar-refractivity contribution is 7.89. The molecule has 1 fully saturated rings. The molecule has 0 aromatic carbocycles. The van der Waals surface area contributed by atoms with Crippen LogP contribution >= 0.6 is 0 Å². The molecule has 0 radical (unpaired) electrons. The second kappa shape index (κ2) is 8.02. The molecular weight excluding hydrogens is 397 g/mol. The Morgan fingerprint density at radius 3 is 2.68 bits per heavy atom. The van der Waals surface area contributed by atoms with Crippen LogP contribution in [0, 0.1) is 0 Å². The van der Waals surface area contributed by atoms with Gasteiger partial charge in [-0.2, -0.15) is 22.6 Å². The van der Waals surface area contributed by atoms with Crippen molar-refractivity contribution in [2.45, 2.75) is 64.2 Å². The van der Waals surface area contributed by atoms with E-state index in [2.05, 4.69) is 10.4 Å². The van der Waals surface area contributed by atoms with E-state index in [4.69, 9.17) is 0 Å². The number of alkyl halides is 3. The molecule has 11 heteroatoms. The number of hydrogen-bond acceptors (Lipinski definition) is 4. The van der Waals surface area contributed by atoms with Crippen molar-refractivity contribution >= 4 is 15.9 Å². The summed E-state index contributed by atoms with van der Waals surface area (Å²) in [5.74, 6) is -0.776. The molecule has 1 aromatic rings. The predicted molar refractivity (Wildman–Crippen MR) is 96.1 cm³/mol. The summed E-state index contributed by atoms with van der Waals surface area (Å²) in [6, 6.07) is -0.0538. The second-order valence-corrected chi connectivity index (χ2v) is 9.45.